The molecule has 0 aliphatic rings. The lowest BCUT2D eigenvalue weighted by molar-refractivity contribution is 0.425. The van der Waals surface area contributed by atoms with Gasteiger partial charge in [-0.25, -0.2) is 13.2 Å². The molecule has 0 saturated carbocycles. The first-order valence-electron chi connectivity index (χ1n) is 4.96. The Kier molecular flexibility index (Phi) is 2.93. The van der Waals surface area contributed by atoms with Crippen molar-refractivity contribution in [2.45, 2.75) is 13.0 Å². The van der Waals surface area contributed by atoms with Crippen LogP contribution in [0.5, 0.6) is 0 Å². The van der Waals surface area contributed by atoms with Crippen LogP contribution in [0.15, 0.2) is 28.7 Å². The zero-order valence-corrected chi connectivity index (χ0v) is 9.01. The van der Waals surface area contributed by atoms with Gasteiger partial charge in [0.15, 0.2) is 17.5 Å². The number of nitrogens with two attached hydrogens (primary N) is 1. The molecule has 0 radical (unpaired) electrons. The van der Waals surface area contributed by atoms with Crippen molar-refractivity contribution in [3.05, 3.63) is 58.8 Å². The minimum atomic E-state index is -1.53. The number of hydrogen-bond acceptors (Lipinski definition) is 2. The van der Waals surface area contributed by atoms with Gasteiger partial charge < -0.3 is 10.2 Å². The second kappa shape index (κ2) is 4.25. The van der Waals surface area contributed by atoms with E-state index < -0.39 is 23.5 Å². The molecule has 17 heavy (non-hydrogen) atoms. The molecule has 1 aromatic carbocycles. The molecule has 1 heterocycles. The zero-order chi connectivity index (χ0) is 12.6. The van der Waals surface area contributed by atoms with Gasteiger partial charge in [0.05, 0.1) is 6.04 Å². The highest BCUT2D eigenvalue weighted by Gasteiger charge is 2.21. The summed E-state index contributed by atoms with van der Waals surface area (Å²) in [6.07, 6.45) is 0. The van der Waals surface area contributed by atoms with E-state index in [2.05, 4.69) is 0 Å². The fraction of sp³-hybridized carbons (Fsp3) is 0.167. The van der Waals surface area contributed by atoms with Crippen LogP contribution in [-0.4, -0.2) is 0 Å². The molecule has 0 aliphatic carbocycles. The van der Waals surface area contributed by atoms with Gasteiger partial charge in [-0.3, -0.25) is 0 Å². The van der Waals surface area contributed by atoms with Crippen LogP contribution in [-0.2, 0) is 0 Å². The molecule has 0 saturated heterocycles. The maximum absolute atomic E-state index is 13.5. The molecule has 2 rings (SSSR count). The lowest BCUT2D eigenvalue weighted by Crippen LogP contribution is -2.14. The molecule has 1 unspecified atom stereocenters. The molecule has 0 spiro atoms. The van der Waals surface area contributed by atoms with Crippen molar-refractivity contribution in [2.75, 3.05) is 0 Å². The topological polar surface area (TPSA) is 39.2 Å². The fourth-order valence-electron chi connectivity index (χ4n) is 1.55. The second-order valence-electron chi connectivity index (χ2n) is 3.69. The first kappa shape index (κ1) is 11.7. The Bertz CT molecular complexity index is 551. The van der Waals surface area contributed by atoms with E-state index in [0.717, 1.165) is 12.1 Å². The maximum atomic E-state index is 13.5. The maximum Gasteiger partial charge on any atom is 0.194 e. The Morgan fingerprint density at radius 1 is 1.06 bits per heavy atom. The van der Waals surface area contributed by atoms with Gasteiger partial charge in [0.1, 0.15) is 11.5 Å². The molecule has 1 atom stereocenters. The Labute approximate surface area is 95.8 Å². The van der Waals surface area contributed by atoms with E-state index in [1.165, 1.54) is 0 Å². The van der Waals surface area contributed by atoms with Crippen molar-refractivity contribution in [3.8, 4) is 0 Å². The highest BCUT2D eigenvalue weighted by molar-refractivity contribution is 5.29. The number of hydrogen-bond donors (Lipinski definition) is 1. The van der Waals surface area contributed by atoms with Crippen LogP contribution in [0.3, 0.4) is 0 Å². The largest absolute Gasteiger partial charge is 0.464 e. The monoisotopic (exact) mass is 241 g/mol. The molecule has 2 nitrogen and oxygen atoms in total. The number of furan rings is 1. The third-order valence-electron chi connectivity index (χ3n) is 2.47. The summed E-state index contributed by atoms with van der Waals surface area (Å²) < 4.78 is 44.5. The van der Waals surface area contributed by atoms with E-state index in [-0.39, 0.29) is 5.56 Å². The molecule has 5 heteroatoms. The van der Waals surface area contributed by atoms with E-state index in [4.69, 9.17) is 10.2 Å². The Morgan fingerprint density at radius 2 is 1.76 bits per heavy atom. The van der Waals surface area contributed by atoms with Crippen LogP contribution < -0.4 is 5.73 Å². The number of aryl methyl sites for hydroxylation is 1. The standard InChI is InChI=1S/C12H10F3NO/c1-6-2-5-9(17-6)12(16)7-3-4-8(13)11(15)10(7)14/h2-5,12H,16H2,1H3. The fourth-order valence-corrected chi connectivity index (χ4v) is 1.55. The Morgan fingerprint density at radius 3 is 2.35 bits per heavy atom. The lowest BCUT2D eigenvalue weighted by atomic mass is 10.0. The summed E-state index contributed by atoms with van der Waals surface area (Å²) in [7, 11) is 0. The number of rotatable bonds is 2. The smallest absolute Gasteiger partial charge is 0.194 e. The Hall–Kier alpha value is -1.75. The molecular formula is C12H10F3NO. The third kappa shape index (κ3) is 2.06. The number of benzene rings is 1. The summed E-state index contributed by atoms with van der Waals surface area (Å²) in [4.78, 5) is 0. The first-order valence-corrected chi connectivity index (χ1v) is 4.96. The van der Waals surface area contributed by atoms with Crippen molar-refractivity contribution in [1.29, 1.82) is 0 Å². The van der Waals surface area contributed by atoms with Crippen LogP contribution in [0.25, 0.3) is 0 Å². The van der Waals surface area contributed by atoms with Gasteiger partial charge in [0, 0.05) is 5.56 Å². The summed E-state index contributed by atoms with van der Waals surface area (Å²) in [6.45, 7) is 1.71. The van der Waals surface area contributed by atoms with E-state index >= 15 is 0 Å². The third-order valence-corrected chi connectivity index (χ3v) is 2.47. The predicted octanol–water partition coefficient (Wildman–Crippen LogP) is 3.05. The van der Waals surface area contributed by atoms with E-state index in [0.29, 0.717) is 11.5 Å². The normalized spacial score (nSPS) is 12.8. The van der Waals surface area contributed by atoms with Gasteiger partial charge in [0.25, 0.3) is 0 Å². The summed E-state index contributed by atoms with van der Waals surface area (Å²) in [5.41, 5.74) is 5.59. The molecule has 0 fully saturated rings. The second-order valence-corrected chi connectivity index (χ2v) is 3.69. The van der Waals surface area contributed by atoms with Gasteiger partial charge in [-0.1, -0.05) is 6.07 Å². The minimum Gasteiger partial charge on any atom is -0.464 e. The van der Waals surface area contributed by atoms with E-state index in [9.17, 15) is 13.2 Å². The van der Waals surface area contributed by atoms with Crippen molar-refractivity contribution in [3.63, 3.8) is 0 Å². The van der Waals surface area contributed by atoms with Gasteiger partial charge in [0.2, 0.25) is 0 Å². The molecule has 90 valence electrons. The molecule has 0 amide bonds. The van der Waals surface area contributed by atoms with Crippen LogP contribution in [0.4, 0.5) is 13.2 Å². The average molecular weight is 241 g/mol. The summed E-state index contributed by atoms with van der Waals surface area (Å²) >= 11 is 0. The zero-order valence-electron chi connectivity index (χ0n) is 9.01. The summed E-state index contributed by atoms with van der Waals surface area (Å²) in [5, 5.41) is 0. The highest BCUT2D eigenvalue weighted by atomic mass is 19.2. The van der Waals surface area contributed by atoms with Gasteiger partial charge in [-0.05, 0) is 25.1 Å². The average Bonchev–Trinajstić information content (AvgIpc) is 2.72. The van der Waals surface area contributed by atoms with Gasteiger partial charge in [-0.2, -0.15) is 0 Å². The summed E-state index contributed by atoms with van der Waals surface area (Å²) in [5.74, 6) is -3.15. The molecule has 2 aromatic rings. The lowest BCUT2D eigenvalue weighted by Gasteiger charge is -2.11. The van der Waals surface area contributed by atoms with Crippen LogP contribution >= 0.6 is 0 Å². The number of halogens is 3. The van der Waals surface area contributed by atoms with Crippen molar-refractivity contribution < 1.29 is 17.6 Å². The van der Waals surface area contributed by atoms with Crippen LogP contribution in [0.1, 0.15) is 23.1 Å². The quantitative estimate of drug-likeness (QED) is 0.821. The van der Waals surface area contributed by atoms with E-state index in [1.54, 1.807) is 19.1 Å². The van der Waals surface area contributed by atoms with Crippen molar-refractivity contribution >= 4 is 0 Å². The molecule has 2 N–H and O–H groups in total. The first-order chi connectivity index (χ1) is 8.00. The van der Waals surface area contributed by atoms with Crippen LogP contribution in [0, 0.1) is 24.4 Å². The van der Waals surface area contributed by atoms with Crippen molar-refractivity contribution in [1.82, 2.24) is 0 Å². The Balaban J connectivity index is 2.44. The van der Waals surface area contributed by atoms with E-state index in [1.807, 2.05) is 0 Å². The SMILES string of the molecule is Cc1ccc(C(N)c2ccc(F)c(F)c2F)o1. The molecule has 1 aromatic heterocycles. The molecule has 0 bridgehead atoms. The molecule has 0 aliphatic heterocycles. The minimum absolute atomic E-state index is 0.141. The van der Waals surface area contributed by atoms with Gasteiger partial charge >= 0.3 is 0 Å². The van der Waals surface area contributed by atoms with Crippen LogP contribution in [0.2, 0.25) is 0 Å². The van der Waals surface area contributed by atoms with Gasteiger partial charge in [-0.15, -0.1) is 0 Å². The summed E-state index contributed by atoms with van der Waals surface area (Å²) in [6, 6.07) is 4.21. The predicted molar refractivity (Wildman–Crippen MR) is 55.8 cm³/mol. The molecular weight excluding hydrogens is 231 g/mol. The van der Waals surface area contributed by atoms with Crippen molar-refractivity contribution in [2.24, 2.45) is 5.73 Å². The highest BCUT2D eigenvalue weighted by Crippen LogP contribution is 2.26.